The summed E-state index contributed by atoms with van der Waals surface area (Å²) in [6.07, 6.45) is 12.4. The fourth-order valence-corrected chi connectivity index (χ4v) is 13.9. The van der Waals surface area contributed by atoms with E-state index in [0.717, 1.165) is 40.7 Å². The largest absolute Gasteiger partial charge is 0.494 e. The van der Waals surface area contributed by atoms with Crippen molar-refractivity contribution in [3.63, 3.8) is 0 Å². The Morgan fingerprint density at radius 1 is 0.794 bits per heavy atom. The highest BCUT2D eigenvalue weighted by Gasteiger charge is 2.46. The van der Waals surface area contributed by atoms with Crippen LogP contribution in [0.15, 0.2) is 54.7 Å². The second kappa shape index (κ2) is 40.0. The van der Waals surface area contributed by atoms with Crippen molar-refractivity contribution in [1.82, 2.24) is 60.1 Å². The monoisotopic (exact) mass is 1480 g/mol. The standard InChI is InChI=1S/C67H91F2IN12O14S/c1-3-52-38-67(68,69)44-82(52)62(88)40-74-64(91)55-19-21-71-57-18-17-53(36-56(55)57)96-35-8-7-22-75-31-33-80(34-32-75)65(92)49(2)41-81-61(87)37-58(66(81)93)97-54(11-5-4-6-20-72-59(85)12-9-10-50-13-15-51(70)16-14-50)39-73-60(86)42-76-23-24-77(43-63(89)90)26-28-79(46-95-48-84)30-29-78(27-25-76)45-94-47-83/h1,13-19,21,36,47-49,52,54,58H,4-12,20,22-35,37-46H2,2H3,(H,72,85)(H,73,86)(H,74,91)(H,89,90)/t49-,52+,54-,58?/m1/s1. The van der Waals surface area contributed by atoms with Gasteiger partial charge in [0, 0.05) is 138 Å². The molecule has 0 radical (unpaired) electrons. The van der Waals surface area contributed by atoms with Crippen LogP contribution in [-0.2, 0) is 59.0 Å². The highest BCUT2D eigenvalue weighted by molar-refractivity contribution is 14.1. The first-order valence-electron chi connectivity index (χ1n) is 33.1. The predicted molar refractivity (Wildman–Crippen MR) is 366 cm³/mol. The van der Waals surface area contributed by atoms with Crippen molar-refractivity contribution in [3.8, 4) is 18.1 Å². The summed E-state index contributed by atoms with van der Waals surface area (Å²) < 4.78 is 45.3. The van der Waals surface area contributed by atoms with Gasteiger partial charge in [-0.25, -0.2) is 8.78 Å². The second-order valence-corrected chi connectivity index (χ2v) is 27.6. The van der Waals surface area contributed by atoms with Crippen molar-refractivity contribution in [2.75, 3.05) is 151 Å². The summed E-state index contributed by atoms with van der Waals surface area (Å²) in [4.78, 5) is 146. The van der Waals surface area contributed by atoms with Crippen LogP contribution in [0.1, 0.15) is 87.1 Å². The third-order valence-electron chi connectivity index (χ3n) is 17.5. The molecular weight excluding hydrogens is 1390 g/mol. The van der Waals surface area contributed by atoms with E-state index in [0.29, 0.717) is 153 Å². The van der Waals surface area contributed by atoms with E-state index in [2.05, 4.69) is 66.5 Å². The molecule has 97 heavy (non-hydrogen) atoms. The SMILES string of the molecule is C#C[C@H]1CC(F)(F)CN1C(=O)CNC(=O)c1ccnc2ccc(OCCCCN3CCN(C(=O)[C@H](C)CN4C(=O)CC(S[C@H](CCCCCNC(=O)CCCc5ccc(I)cc5)CNC(=O)CN5CCN(COC=O)CCN(COC=O)CCN(CC(=O)O)CC5)C4=O)CC3)cc12. The molecule has 7 rings (SSSR count). The lowest BCUT2D eigenvalue weighted by Gasteiger charge is -2.36. The van der Waals surface area contributed by atoms with Gasteiger partial charge in [0.1, 0.15) is 19.2 Å². The number of likely N-dealkylation sites (tertiary alicyclic amines) is 2. The molecule has 1 unspecified atom stereocenters. The Balaban J connectivity index is 0.866. The number of halogens is 3. The van der Waals surface area contributed by atoms with E-state index >= 15 is 0 Å². The Labute approximate surface area is 583 Å². The van der Waals surface area contributed by atoms with Gasteiger partial charge in [-0.1, -0.05) is 37.8 Å². The minimum Gasteiger partial charge on any atom is -0.494 e. The zero-order valence-electron chi connectivity index (χ0n) is 55.1. The van der Waals surface area contributed by atoms with Crippen molar-refractivity contribution in [1.29, 1.82) is 0 Å². The van der Waals surface area contributed by atoms with Crippen LogP contribution in [0.25, 0.3) is 10.9 Å². The number of amides is 7. The van der Waals surface area contributed by atoms with Gasteiger partial charge in [-0.15, -0.1) is 18.2 Å². The number of aryl methyl sites for hydroxylation is 1. The summed E-state index contributed by atoms with van der Waals surface area (Å²) in [5.41, 5.74) is 1.93. The molecular formula is C67H91F2IN12O14S. The van der Waals surface area contributed by atoms with Gasteiger partial charge < -0.3 is 45.1 Å². The smallest absolute Gasteiger partial charge is 0.317 e. The zero-order chi connectivity index (χ0) is 69.7. The number of piperazine rings is 1. The number of hydrogen-bond donors (Lipinski definition) is 4. The van der Waals surface area contributed by atoms with Gasteiger partial charge in [-0.3, -0.25) is 82.3 Å². The van der Waals surface area contributed by atoms with Crippen LogP contribution in [0.3, 0.4) is 0 Å². The highest BCUT2D eigenvalue weighted by Crippen LogP contribution is 2.33. The maximum Gasteiger partial charge on any atom is 0.317 e. The predicted octanol–water partition coefficient (Wildman–Crippen LogP) is 2.99. The van der Waals surface area contributed by atoms with Gasteiger partial charge in [0.15, 0.2) is 0 Å². The molecule has 3 aromatic rings. The number of aromatic nitrogens is 1. The molecule has 4 atom stereocenters. The lowest BCUT2D eigenvalue weighted by molar-refractivity contribution is -0.143. The number of pyridine rings is 1. The molecule has 4 N–H and O–H groups in total. The number of hydrogen-bond acceptors (Lipinski definition) is 20. The van der Waals surface area contributed by atoms with Crippen LogP contribution in [0, 0.1) is 21.8 Å². The summed E-state index contributed by atoms with van der Waals surface area (Å²) in [5.74, 6) is -4.57. The zero-order valence-corrected chi connectivity index (χ0v) is 58.1. The molecule has 4 fully saturated rings. The number of carboxylic acids is 1. The van der Waals surface area contributed by atoms with Crippen molar-refractivity contribution in [2.24, 2.45) is 5.92 Å². The molecule has 1 aromatic heterocycles. The molecule has 0 spiro atoms. The van der Waals surface area contributed by atoms with Gasteiger partial charge in [-0.2, -0.15) is 0 Å². The maximum absolute atomic E-state index is 14.2. The molecule has 26 nitrogen and oxygen atoms in total. The van der Waals surface area contributed by atoms with Gasteiger partial charge in [0.25, 0.3) is 24.8 Å². The van der Waals surface area contributed by atoms with Crippen LogP contribution >= 0.6 is 34.4 Å². The molecule has 30 heteroatoms. The second-order valence-electron chi connectivity index (χ2n) is 24.9. The molecule has 0 saturated carbocycles. The van der Waals surface area contributed by atoms with Gasteiger partial charge >= 0.3 is 5.97 Å². The first kappa shape index (κ1) is 77.2. The van der Waals surface area contributed by atoms with E-state index in [1.54, 1.807) is 34.9 Å². The molecule has 4 aliphatic rings. The third-order valence-corrected chi connectivity index (χ3v) is 19.7. The number of thioether (sulfide) groups is 1. The maximum atomic E-state index is 14.2. The lowest BCUT2D eigenvalue weighted by atomic mass is 10.1. The van der Waals surface area contributed by atoms with E-state index in [1.165, 1.54) is 34.5 Å². The topological polar surface area (TPSA) is 294 Å². The Morgan fingerprint density at radius 3 is 2.11 bits per heavy atom. The fourth-order valence-electron chi connectivity index (χ4n) is 12.1. The minimum atomic E-state index is -3.10. The first-order chi connectivity index (χ1) is 46.7. The average Bonchev–Trinajstić information content (AvgIpc) is 1.68. The Kier molecular flexibility index (Phi) is 31.9. The summed E-state index contributed by atoms with van der Waals surface area (Å²) in [7, 11) is 0. The van der Waals surface area contributed by atoms with Crippen molar-refractivity contribution < 1.29 is 76.0 Å². The number of carbonyl (C=O) groups excluding carboxylic acids is 9. The number of nitrogens with one attached hydrogen (secondary N) is 3. The summed E-state index contributed by atoms with van der Waals surface area (Å²) in [6, 6.07) is 13.8. The summed E-state index contributed by atoms with van der Waals surface area (Å²) in [6.45, 7) is 7.66. The number of fused-ring (bicyclic) bond motifs is 1. The number of ether oxygens (including phenoxy) is 3. The van der Waals surface area contributed by atoms with E-state index < -0.39 is 60.4 Å². The van der Waals surface area contributed by atoms with Gasteiger partial charge in [0.05, 0.1) is 61.1 Å². The number of carbonyl (C=O) groups is 10. The van der Waals surface area contributed by atoms with Crippen LogP contribution in [0.5, 0.6) is 5.75 Å². The molecule has 0 bridgehead atoms. The lowest BCUT2D eigenvalue weighted by Crippen LogP contribution is -2.51. The number of unbranched alkanes of at least 4 members (excludes halogenated alkanes) is 3. The Morgan fingerprint density at radius 2 is 1.45 bits per heavy atom. The van der Waals surface area contributed by atoms with E-state index in [4.69, 9.17) is 20.6 Å². The number of nitrogens with zero attached hydrogens (tertiary/aromatic N) is 9. The van der Waals surface area contributed by atoms with Crippen LogP contribution < -0.4 is 20.7 Å². The van der Waals surface area contributed by atoms with Gasteiger partial charge in [0.2, 0.25) is 35.4 Å². The molecule has 5 heterocycles. The number of carboxylic acid groups (broad SMARTS) is 1. The molecule has 2 aromatic carbocycles. The summed E-state index contributed by atoms with van der Waals surface area (Å²) in [5, 5.41) is 17.8. The molecule has 4 saturated heterocycles. The van der Waals surface area contributed by atoms with Crippen LogP contribution in [0.4, 0.5) is 8.78 Å². The molecule has 7 amide bonds. The van der Waals surface area contributed by atoms with Crippen molar-refractivity contribution in [3.05, 3.63) is 69.4 Å². The Bertz CT molecular complexity index is 3180. The van der Waals surface area contributed by atoms with E-state index in [9.17, 15) is 61.8 Å². The third kappa shape index (κ3) is 25.9. The molecule has 530 valence electrons. The van der Waals surface area contributed by atoms with E-state index in [1.807, 2.05) is 26.8 Å². The first-order valence-corrected chi connectivity index (χ1v) is 35.2. The normalized spacial score (nSPS) is 19.3. The number of imide groups is 1. The quantitative estimate of drug-likeness (QED) is 0.0214. The van der Waals surface area contributed by atoms with Gasteiger partial charge in [-0.05, 0) is 110 Å². The number of terminal acetylenes is 1. The minimum absolute atomic E-state index is 0.00435. The molecule has 4 aliphatic heterocycles. The number of aliphatic carboxylic acids is 1. The van der Waals surface area contributed by atoms with Crippen molar-refractivity contribution in [2.45, 2.75) is 100 Å². The molecule has 0 aliphatic carbocycles. The van der Waals surface area contributed by atoms with Crippen molar-refractivity contribution >= 4 is 106 Å². The number of benzene rings is 2. The number of rotatable bonds is 36. The number of alkyl halides is 2. The highest BCUT2D eigenvalue weighted by atomic mass is 127. The van der Waals surface area contributed by atoms with E-state index in [-0.39, 0.29) is 86.4 Å². The fraction of sp³-hybridized carbons (Fsp3) is 0.597. The van der Waals surface area contributed by atoms with Crippen LogP contribution in [-0.4, -0.2) is 283 Å². The van der Waals surface area contributed by atoms with Crippen LogP contribution in [0.2, 0.25) is 0 Å². The Hall–Kier alpha value is -7.15. The summed E-state index contributed by atoms with van der Waals surface area (Å²) >= 11 is 3.60. The average molecular weight is 1490 g/mol.